The van der Waals surface area contributed by atoms with E-state index in [9.17, 15) is 0 Å². The molecule has 12 aromatic rings. The van der Waals surface area contributed by atoms with Gasteiger partial charge in [-0.25, -0.2) is 4.98 Å². The summed E-state index contributed by atoms with van der Waals surface area (Å²) in [5, 5.41) is 4.84. The van der Waals surface area contributed by atoms with Crippen molar-refractivity contribution in [2.75, 3.05) is 0 Å². The highest BCUT2D eigenvalue weighted by Crippen LogP contribution is 2.41. The smallest absolute Gasteiger partial charge is 0.0716 e. The third kappa shape index (κ3) is 6.06. The second-order valence-electron chi connectivity index (χ2n) is 15.7. The van der Waals surface area contributed by atoms with Crippen molar-refractivity contribution in [3.8, 4) is 67.3 Å². The predicted molar refractivity (Wildman–Crippen MR) is 256 cm³/mol. The minimum Gasteiger partial charge on any atom is -0.309 e. The maximum atomic E-state index is 5.21. The second-order valence-corrected chi connectivity index (χ2v) is 15.7. The van der Waals surface area contributed by atoms with E-state index in [1.807, 2.05) is 49.1 Å². The lowest BCUT2D eigenvalue weighted by molar-refractivity contribution is 1.13. The Labute approximate surface area is 358 Å². The third-order valence-electron chi connectivity index (χ3n) is 12.1. The topological polar surface area (TPSA) is 48.5 Å². The molecule has 0 saturated heterocycles. The second kappa shape index (κ2) is 14.7. The fourth-order valence-electron chi connectivity index (χ4n) is 9.18. The van der Waals surface area contributed by atoms with Crippen molar-refractivity contribution in [1.82, 2.24) is 24.1 Å². The molecule has 0 radical (unpaired) electrons. The molecule has 62 heavy (non-hydrogen) atoms. The molecule has 0 aliphatic heterocycles. The zero-order valence-corrected chi connectivity index (χ0v) is 33.6. The zero-order valence-electron chi connectivity index (χ0n) is 33.6. The molecule has 0 N–H and O–H groups in total. The molecule has 0 unspecified atom stereocenters. The molecule has 0 saturated carbocycles. The Bertz CT molecular complexity index is 3380. The van der Waals surface area contributed by atoms with Crippen LogP contribution in [0.1, 0.15) is 0 Å². The number of para-hydroxylation sites is 2. The summed E-state index contributed by atoms with van der Waals surface area (Å²) >= 11 is 0. The van der Waals surface area contributed by atoms with Crippen LogP contribution in [0.25, 0.3) is 111 Å². The standard InChI is InChI=1S/C57H37N5/c1-3-11-38(12-4-1)42-19-21-56-50(33-42)48-15-7-9-17-54(48)61(56)46-31-44(45-35-52(40-23-27-58-28-24-40)60-53(36-45)41-25-29-59-30-26-41)32-47(37-46)62-55-18-10-8-16-49(55)51-34-43(20-22-57(51)62)39-13-5-2-6-14-39/h1-37H. The molecule has 5 heteroatoms. The lowest BCUT2D eigenvalue weighted by atomic mass is 9.99. The molecule has 0 atom stereocenters. The van der Waals surface area contributed by atoms with E-state index in [1.54, 1.807) is 0 Å². The number of pyridine rings is 3. The van der Waals surface area contributed by atoms with Gasteiger partial charge in [-0.2, -0.15) is 0 Å². The number of hydrogen-bond donors (Lipinski definition) is 0. The number of rotatable bonds is 7. The molecule has 12 rings (SSSR count). The average Bonchev–Trinajstić information content (AvgIpc) is 3.87. The van der Waals surface area contributed by atoms with Gasteiger partial charge in [0.1, 0.15) is 0 Å². The van der Waals surface area contributed by atoms with Crippen LogP contribution in [0.4, 0.5) is 0 Å². The van der Waals surface area contributed by atoms with E-state index in [1.165, 1.54) is 43.8 Å². The van der Waals surface area contributed by atoms with E-state index in [4.69, 9.17) is 4.98 Å². The summed E-state index contributed by atoms with van der Waals surface area (Å²) in [4.78, 5) is 13.8. The lowest BCUT2D eigenvalue weighted by Gasteiger charge is -2.17. The summed E-state index contributed by atoms with van der Waals surface area (Å²) < 4.78 is 4.87. The summed E-state index contributed by atoms with van der Waals surface area (Å²) in [7, 11) is 0. The molecule has 5 nitrogen and oxygen atoms in total. The van der Waals surface area contributed by atoms with Gasteiger partial charge in [-0.05, 0) is 124 Å². The van der Waals surface area contributed by atoms with Crippen molar-refractivity contribution in [2.45, 2.75) is 0 Å². The van der Waals surface area contributed by atoms with Crippen LogP contribution in [-0.4, -0.2) is 24.1 Å². The van der Waals surface area contributed by atoms with E-state index < -0.39 is 0 Å². The summed E-state index contributed by atoms with van der Waals surface area (Å²) in [6, 6.07) is 72.1. The predicted octanol–water partition coefficient (Wildman–Crippen LogP) is 14.4. The number of hydrogen-bond acceptors (Lipinski definition) is 3. The van der Waals surface area contributed by atoms with Crippen LogP contribution in [0.3, 0.4) is 0 Å². The molecule has 0 aliphatic rings. The zero-order chi connectivity index (χ0) is 41.0. The van der Waals surface area contributed by atoms with Crippen molar-refractivity contribution in [3.63, 3.8) is 0 Å². The van der Waals surface area contributed by atoms with Gasteiger partial charge in [-0.1, -0.05) is 109 Å². The minimum atomic E-state index is 0.874. The van der Waals surface area contributed by atoms with Crippen LogP contribution in [0.15, 0.2) is 225 Å². The largest absolute Gasteiger partial charge is 0.309 e. The van der Waals surface area contributed by atoms with Crippen LogP contribution in [0, 0.1) is 0 Å². The molecule has 5 heterocycles. The van der Waals surface area contributed by atoms with Gasteiger partial charge in [-0.15, -0.1) is 0 Å². The van der Waals surface area contributed by atoms with E-state index in [0.29, 0.717) is 0 Å². The maximum Gasteiger partial charge on any atom is 0.0716 e. The number of benzene rings is 7. The fraction of sp³-hybridized carbons (Fsp3) is 0. The van der Waals surface area contributed by atoms with Crippen molar-refractivity contribution in [3.05, 3.63) is 225 Å². The Kier molecular flexibility index (Phi) is 8.42. The van der Waals surface area contributed by atoms with Gasteiger partial charge in [0.25, 0.3) is 0 Å². The van der Waals surface area contributed by atoms with Crippen LogP contribution in [-0.2, 0) is 0 Å². The molecule has 0 amide bonds. The van der Waals surface area contributed by atoms with E-state index in [2.05, 4.69) is 195 Å². The molecule has 0 spiro atoms. The molecule has 0 aliphatic carbocycles. The van der Waals surface area contributed by atoms with Gasteiger partial charge < -0.3 is 9.13 Å². The van der Waals surface area contributed by atoms with Gasteiger partial charge in [0.15, 0.2) is 0 Å². The number of fused-ring (bicyclic) bond motifs is 6. The monoisotopic (exact) mass is 791 g/mol. The highest BCUT2D eigenvalue weighted by molar-refractivity contribution is 6.12. The van der Waals surface area contributed by atoms with Gasteiger partial charge >= 0.3 is 0 Å². The van der Waals surface area contributed by atoms with E-state index in [-0.39, 0.29) is 0 Å². The molecule has 5 aromatic heterocycles. The van der Waals surface area contributed by atoms with Gasteiger partial charge in [0, 0.05) is 68.8 Å². The molecular weight excluding hydrogens is 755 g/mol. The van der Waals surface area contributed by atoms with Gasteiger partial charge in [0.05, 0.1) is 33.5 Å². The Balaban J connectivity index is 1.15. The lowest BCUT2D eigenvalue weighted by Crippen LogP contribution is -2.00. The molecular formula is C57H37N5. The molecule has 0 fully saturated rings. The number of nitrogens with zero attached hydrogens (tertiary/aromatic N) is 5. The number of aromatic nitrogens is 5. The first-order chi connectivity index (χ1) is 30.7. The minimum absolute atomic E-state index is 0.874. The first-order valence-corrected chi connectivity index (χ1v) is 20.9. The van der Waals surface area contributed by atoms with Crippen molar-refractivity contribution >= 4 is 43.6 Å². The molecule has 290 valence electrons. The van der Waals surface area contributed by atoms with Gasteiger partial charge in [-0.3, -0.25) is 9.97 Å². The van der Waals surface area contributed by atoms with E-state index >= 15 is 0 Å². The Hall–Kier alpha value is -8.41. The van der Waals surface area contributed by atoms with Gasteiger partial charge in [0.2, 0.25) is 0 Å². The van der Waals surface area contributed by atoms with Crippen LogP contribution in [0.5, 0.6) is 0 Å². The van der Waals surface area contributed by atoms with Crippen LogP contribution in [0.2, 0.25) is 0 Å². The summed E-state index contributed by atoms with van der Waals surface area (Å²) in [5.74, 6) is 0. The Morgan fingerprint density at radius 3 is 1.13 bits per heavy atom. The third-order valence-corrected chi connectivity index (χ3v) is 12.1. The van der Waals surface area contributed by atoms with Crippen molar-refractivity contribution < 1.29 is 0 Å². The van der Waals surface area contributed by atoms with Crippen LogP contribution < -0.4 is 0 Å². The summed E-state index contributed by atoms with van der Waals surface area (Å²) in [5.41, 5.74) is 17.4. The summed E-state index contributed by atoms with van der Waals surface area (Å²) in [6.07, 6.45) is 7.30. The quantitative estimate of drug-likeness (QED) is 0.162. The summed E-state index contributed by atoms with van der Waals surface area (Å²) in [6.45, 7) is 0. The van der Waals surface area contributed by atoms with Crippen molar-refractivity contribution in [2.24, 2.45) is 0 Å². The van der Waals surface area contributed by atoms with Crippen LogP contribution >= 0.6 is 0 Å². The maximum absolute atomic E-state index is 5.21. The van der Waals surface area contributed by atoms with E-state index in [0.717, 1.165) is 67.1 Å². The fourth-order valence-corrected chi connectivity index (χ4v) is 9.18. The SMILES string of the molecule is c1ccc(-c2ccc3c(c2)c2ccccc2n3-c2cc(-c3cc(-c4ccncc4)nc(-c4ccncc4)c3)cc(-n3c4ccccc4c4cc(-c5ccccc5)ccc43)c2)cc1. The van der Waals surface area contributed by atoms with Crippen molar-refractivity contribution in [1.29, 1.82) is 0 Å². The normalized spacial score (nSPS) is 11.5. The highest BCUT2D eigenvalue weighted by Gasteiger charge is 2.19. The first-order valence-electron chi connectivity index (χ1n) is 20.9. The Morgan fingerprint density at radius 2 is 0.661 bits per heavy atom. The highest BCUT2D eigenvalue weighted by atomic mass is 15.0. The first kappa shape index (κ1) is 35.5. The average molecular weight is 792 g/mol. The Morgan fingerprint density at radius 1 is 0.258 bits per heavy atom. The molecule has 7 aromatic carbocycles. The molecule has 0 bridgehead atoms.